The van der Waals surface area contributed by atoms with E-state index < -0.39 is 21.3 Å². The van der Waals surface area contributed by atoms with Crippen molar-refractivity contribution in [2.75, 3.05) is 38.0 Å². The molecule has 9 heteroatoms. The zero-order valence-electron chi connectivity index (χ0n) is 20.5. The van der Waals surface area contributed by atoms with Gasteiger partial charge in [-0.3, -0.25) is 4.90 Å². The summed E-state index contributed by atoms with van der Waals surface area (Å²) in [6, 6.07) is 2.42. The topological polar surface area (TPSA) is 81.8 Å². The van der Waals surface area contributed by atoms with Crippen LogP contribution in [0.5, 0.6) is 0 Å². The Kier molecular flexibility index (Phi) is 8.40. The Morgan fingerprint density at radius 3 is 2.15 bits per heavy atom. The van der Waals surface area contributed by atoms with Crippen molar-refractivity contribution in [2.24, 2.45) is 0 Å². The van der Waals surface area contributed by atoms with Crippen LogP contribution < -0.4 is 10.0 Å². The quantitative estimate of drug-likeness (QED) is 0.612. The predicted octanol–water partition coefficient (Wildman–Crippen LogP) is 4.08. The molecule has 2 saturated heterocycles. The van der Waals surface area contributed by atoms with E-state index in [4.69, 9.17) is 0 Å². The van der Waals surface area contributed by atoms with E-state index in [2.05, 4.69) is 26.8 Å². The highest BCUT2D eigenvalue weighted by Crippen LogP contribution is 2.33. The predicted molar refractivity (Wildman–Crippen MR) is 131 cm³/mol. The standard InChI is InChI=1S/C24H39FN4O3S/c1-6-28-10-7-19(8-11-28)29-12-9-20(15-29)33(31,32)27-24(30)26-23-21(16(2)3)13-18(25)14-22(23)17(4)5/h13-14,16-17,19-20H,6-12,15H2,1-5H3,(H2,26,27,30). The summed E-state index contributed by atoms with van der Waals surface area (Å²) in [4.78, 5) is 17.4. The minimum absolute atomic E-state index is 0.0346. The van der Waals surface area contributed by atoms with Gasteiger partial charge in [-0.25, -0.2) is 22.3 Å². The third-order valence-electron chi connectivity index (χ3n) is 7.02. The third-order valence-corrected chi connectivity index (χ3v) is 8.75. The minimum atomic E-state index is -3.83. The fourth-order valence-corrected chi connectivity index (χ4v) is 6.28. The molecule has 0 aromatic heterocycles. The van der Waals surface area contributed by atoms with Crippen molar-refractivity contribution in [3.63, 3.8) is 0 Å². The Balaban J connectivity index is 1.66. The molecule has 0 radical (unpaired) electrons. The summed E-state index contributed by atoms with van der Waals surface area (Å²) in [5.74, 6) is -0.433. The number of sulfonamides is 1. The van der Waals surface area contributed by atoms with E-state index in [1.165, 1.54) is 12.1 Å². The third kappa shape index (κ3) is 6.25. The number of benzene rings is 1. The van der Waals surface area contributed by atoms with E-state index in [1.807, 2.05) is 27.7 Å². The van der Waals surface area contributed by atoms with Crippen LogP contribution in [0, 0.1) is 5.82 Å². The van der Waals surface area contributed by atoms with E-state index in [0.717, 1.165) is 39.0 Å². The fraction of sp³-hybridized carbons (Fsp3) is 0.708. The first-order chi connectivity index (χ1) is 15.5. The van der Waals surface area contributed by atoms with Crippen LogP contribution in [0.2, 0.25) is 0 Å². The average molecular weight is 483 g/mol. The number of likely N-dealkylation sites (tertiary alicyclic amines) is 2. The van der Waals surface area contributed by atoms with E-state index in [0.29, 0.717) is 35.8 Å². The van der Waals surface area contributed by atoms with Gasteiger partial charge in [0.15, 0.2) is 0 Å². The molecule has 1 aromatic carbocycles. The van der Waals surface area contributed by atoms with Crippen LogP contribution in [0.4, 0.5) is 14.9 Å². The van der Waals surface area contributed by atoms with Gasteiger partial charge in [-0.05, 0) is 80.5 Å². The summed E-state index contributed by atoms with van der Waals surface area (Å²) in [5.41, 5.74) is 1.79. The van der Waals surface area contributed by atoms with Crippen molar-refractivity contribution in [2.45, 2.75) is 77.0 Å². The maximum absolute atomic E-state index is 14.1. The molecule has 1 aromatic rings. The highest BCUT2D eigenvalue weighted by atomic mass is 32.2. The van der Waals surface area contributed by atoms with Gasteiger partial charge >= 0.3 is 6.03 Å². The van der Waals surface area contributed by atoms with Crippen molar-refractivity contribution < 1.29 is 17.6 Å². The van der Waals surface area contributed by atoms with Crippen molar-refractivity contribution in [3.8, 4) is 0 Å². The number of rotatable bonds is 7. The number of carbonyl (C=O) groups excluding carboxylic acids is 1. The lowest BCUT2D eigenvalue weighted by molar-refractivity contribution is 0.131. The second-order valence-corrected chi connectivity index (χ2v) is 11.9. The Morgan fingerprint density at radius 2 is 1.64 bits per heavy atom. The maximum atomic E-state index is 14.1. The van der Waals surface area contributed by atoms with Crippen molar-refractivity contribution in [3.05, 3.63) is 29.1 Å². The molecule has 1 unspecified atom stereocenters. The first-order valence-electron chi connectivity index (χ1n) is 12.1. The number of nitrogens with one attached hydrogen (secondary N) is 2. The van der Waals surface area contributed by atoms with Crippen LogP contribution >= 0.6 is 0 Å². The molecule has 2 heterocycles. The van der Waals surface area contributed by atoms with Crippen LogP contribution in [-0.4, -0.2) is 68.3 Å². The summed E-state index contributed by atoms with van der Waals surface area (Å²) in [5, 5.41) is 2.10. The van der Waals surface area contributed by atoms with Gasteiger partial charge in [-0.15, -0.1) is 0 Å². The highest BCUT2D eigenvalue weighted by Gasteiger charge is 2.37. The molecule has 0 spiro atoms. The highest BCUT2D eigenvalue weighted by molar-refractivity contribution is 7.90. The molecule has 2 N–H and O–H groups in total. The molecule has 2 fully saturated rings. The van der Waals surface area contributed by atoms with Crippen LogP contribution in [0.3, 0.4) is 0 Å². The Bertz CT molecular complexity index is 914. The average Bonchev–Trinajstić information content (AvgIpc) is 3.25. The molecule has 3 rings (SSSR count). The Labute approximate surface area is 198 Å². The maximum Gasteiger partial charge on any atom is 0.332 e. The number of urea groups is 1. The van der Waals surface area contributed by atoms with Crippen LogP contribution in [-0.2, 0) is 10.0 Å². The van der Waals surface area contributed by atoms with Gasteiger partial charge in [0.25, 0.3) is 0 Å². The molecular formula is C24H39FN4O3S. The molecule has 0 bridgehead atoms. The molecule has 2 amide bonds. The zero-order chi connectivity index (χ0) is 24.3. The number of amides is 2. The fourth-order valence-electron chi connectivity index (χ4n) is 5.00. The molecule has 33 heavy (non-hydrogen) atoms. The number of piperidine rings is 1. The molecule has 7 nitrogen and oxygen atoms in total. The molecule has 2 aliphatic rings. The van der Waals surface area contributed by atoms with Gasteiger partial charge in [0.2, 0.25) is 10.0 Å². The zero-order valence-corrected chi connectivity index (χ0v) is 21.3. The van der Waals surface area contributed by atoms with Gasteiger partial charge in [0.1, 0.15) is 5.82 Å². The minimum Gasteiger partial charge on any atom is -0.307 e. The van der Waals surface area contributed by atoms with E-state index in [1.54, 1.807) is 0 Å². The number of hydrogen-bond acceptors (Lipinski definition) is 5. The van der Waals surface area contributed by atoms with Crippen LogP contribution in [0.1, 0.15) is 76.8 Å². The molecule has 0 saturated carbocycles. The summed E-state index contributed by atoms with van der Waals surface area (Å²) < 4.78 is 42.3. The monoisotopic (exact) mass is 482 g/mol. The SMILES string of the molecule is CCN1CCC(N2CCC(S(=O)(=O)NC(=O)Nc3c(C(C)C)cc(F)cc3C(C)C)C2)CC1. The number of halogens is 1. The molecule has 186 valence electrons. The lowest BCUT2D eigenvalue weighted by Crippen LogP contribution is -2.46. The lowest BCUT2D eigenvalue weighted by Gasteiger charge is -2.36. The van der Waals surface area contributed by atoms with E-state index in [-0.39, 0.29) is 17.7 Å². The van der Waals surface area contributed by atoms with Crippen LogP contribution in [0.25, 0.3) is 0 Å². The number of anilines is 1. The molecule has 1 atom stereocenters. The Hall–Kier alpha value is -1.71. The summed E-state index contributed by atoms with van der Waals surface area (Å²) in [7, 11) is -3.83. The first-order valence-corrected chi connectivity index (χ1v) is 13.7. The Morgan fingerprint density at radius 1 is 1.06 bits per heavy atom. The van der Waals surface area contributed by atoms with Gasteiger partial charge in [-0.1, -0.05) is 34.6 Å². The van der Waals surface area contributed by atoms with Crippen LogP contribution in [0.15, 0.2) is 12.1 Å². The van der Waals surface area contributed by atoms with Crippen molar-refractivity contribution in [1.29, 1.82) is 0 Å². The lowest BCUT2D eigenvalue weighted by atomic mass is 9.92. The summed E-state index contributed by atoms with van der Waals surface area (Å²) in [6.07, 6.45) is 2.62. The van der Waals surface area contributed by atoms with Gasteiger partial charge in [0.05, 0.1) is 5.25 Å². The van der Waals surface area contributed by atoms with E-state index >= 15 is 0 Å². The second-order valence-electron chi connectivity index (χ2n) is 9.94. The van der Waals surface area contributed by atoms with E-state index in [9.17, 15) is 17.6 Å². The summed E-state index contributed by atoms with van der Waals surface area (Å²) in [6.45, 7) is 14.1. The first kappa shape index (κ1) is 25.9. The molecule has 2 aliphatic heterocycles. The number of carbonyl (C=O) groups is 1. The van der Waals surface area contributed by atoms with Gasteiger partial charge < -0.3 is 10.2 Å². The van der Waals surface area contributed by atoms with Gasteiger partial charge in [-0.2, -0.15) is 0 Å². The summed E-state index contributed by atoms with van der Waals surface area (Å²) >= 11 is 0. The van der Waals surface area contributed by atoms with Crippen molar-refractivity contribution >= 4 is 21.7 Å². The molecular weight excluding hydrogens is 443 g/mol. The molecule has 0 aliphatic carbocycles. The second kappa shape index (κ2) is 10.7. The van der Waals surface area contributed by atoms with Crippen molar-refractivity contribution in [1.82, 2.24) is 14.5 Å². The van der Waals surface area contributed by atoms with Gasteiger partial charge in [0, 0.05) is 18.3 Å². The largest absolute Gasteiger partial charge is 0.332 e. The smallest absolute Gasteiger partial charge is 0.307 e. The normalized spacial score (nSPS) is 21.2. The number of nitrogens with zero attached hydrogens (tertiary/aromatic N) is 2. The number of hydrogen-bond donors (Lipinski definition) is 2.